The van der Waals surface area contributed by atoms with Crippen molar-refractivity contribution in [2.75, 3.05) is 13.2 Å². The van der Waals surface area contributed by atoms with E-state index in [9.17, 15) is 13.2 Å². The van der Waals surface area contributed by atoms with Crippen LogP contribution in [0.3, 0.4) is 0 Å². The monoisotopic (exact) mass is 413 g/mol. The van der Waals surface area contributed by atoms with E-state index in [0.29, 0.717) is 25.6 Å². The summed E-state index contributed by atoms with van der Waals surface area (Å²) in [5.74, 6) is 1.38. The molecule has 160 valence electrons. The van der Waals surface area contributed by atoms with Crippen LogP contribution >= 0.6 is 0 Å². The van der Waals surface area contributed by atoms with Gasteiger partial charge < -0.3 is 19.9 Å². The molecule has 0 aliphatic heterocycles. The summed E-state index contributed by atoms with van der Waals surface area (Å²) < 4.78 is 46.5. The molecule has 0 saturated carbocycles. The smallest absolute Gasteiger partial charge is 0.422 e. The molecule has 29 heavy (non-hydrogen) atoms. The second kappa shape index (κ2) is 10.7. The number of guanidine groups is 1. The number of alkyl halides is 3. The maximum absolute atomic E-state index is 12.2. The van der Waals surface area contributed by atoms with Crippen molar-refractivity contribution in [3.8, 4) is 5.88 Å². The van der Waals surface area contributed by atoms with E-state index in [1.807, 2.05) is 20.8 Å². The van der Waals surface area contributed by atoms with Gasteiger partial charge in [0.2, 0.25) is 5.88 Å². The van der Waals surface area contributed by atoms with Crippen LogP contribution in [0.2, 0.25) is 0 Å². The van der Waals surface area contributed by atoms with Gasteiger partial charge in [0.05, 0.1) is 12.2 Å². The summed E-state index contributed by atoms with van der Waals surface area (Å²) in [6.45, 7) is 6.15. The molecule has 0 saturated heterocycles. The lowest BCUT2D eigenvalue weighted by atomic mass is 10.1. The molecule has 0 aliphatic carbocycles. The van der Waals surface area contributed by atoms with Crippen LogP contribution < -0.4 is 15.4 Å². The number of aliphatic imine (C=N–C) groups is 1. The van der Waals surface area contributed by atoms with E-state index in [1.165, 1.54) is 12.3 Å². The van der Waals surface area contributed by atoms with Crippen LogP contribution in [0.25, 0.3) is 0 Å². The molecule has 0 spiro atoms. The van der Waals surface area contributed by atoms with E-state index < -0.39 is 12.8 Å². The Balaban J connectivity index is 1.97. The number of nitrogens with zero attached hydrogens (tertiary/aromatic N) is 3. The van der Waals surface area contributed by atoms with Crippen LogP contribution in [0, 0.1) is 0 Å². The molecular weight excluding hydrogens is 387 g/mol. The number of hydrogen-bond donors (Lipinski definition) is 2. The normalized spacial score (nSPS) is 12.1. The molecular formula is C19H26F3N5O2. The molecule has 2 aromatic heterocycles. The molecule has 0 radical (unpaired) electrons. The van der Waals surface area contributed by atoms with E-state index in [4.69, 9.17) is 4.52 Å². The molecule has 0 amide bonds. The molecule has 2 heterocycles. The minimum absolute atomic E-state index is 0.0771. The number of ether oxygens (including phenoxy) is 1. The van der Waals surface area contributed by atoms with Crippen molar-refractivity contribution in [1.82, 2.24) is 20.8 Å². The van der Waals surface area contributed by atoms with Crippen molar-refractivity contribution in [3.63, 3.8) is 0 Å². The molecule has 0 atom stereocenters. The van der Waals surface area contributed by atoms with E-state index in [-0.39, 0.29) is 5.88 Å². The van der Waals surface area contributed by atoms with Crippen molar-refractivity contribution < 1.29 is 22.4 Å². The van der Waals surface area contributed by atoms with Gasteiger partial charge in [-0.25, -0.2) is 9.98 Å². The van der Waals surface area contributed by atoms with Crippen molar-refractivity contribution in [1.29, 1.82) is 0 Å². The minimum atomic E-state index is -4.39. The summed E-state index contributed by atoms with van der Waals surface area (Å²) in [6, 6.07) is 3.03. The first-order valence-electron chi connectivity index (χ1n) is 9.49. The van der Waals surface area contributed by atoms with Crippen LogP contribution in [-0.4, -0.2) is 35.4 Å². The molecule has 0 aromatic carbocycles. The highest BCUT2D eigenvalue weighted by atomic mass is 19.4. The van der Waals surface area contributed by atoms with Gasteiger partial charge >= 0.3 is 6.18 Å². The first kappa shape index (κ1) is 22.5. The predicted molar refractivity (Wildman–Crippen MR) is 103 cm³/mol. The number of pyridine rings is 1. The lowest BCUT2D eigenvalue weighted by molar-refractivity contribution is -0.154. The van der Waals surface area contributed by atoms with Gasteiger partial charge in [-0.05, 0) is 18.9 Å². The van der Waals surface area contributed by atoms with Crippen LogP contribution in [0.5, 0.6) is 5.88 Å². The van der Waals surface area contributed by atoms with Gasteiger partial charge in [0.15, 0.2) is 12.6 Å². The molecule has 0 bridgehead atoms. The van der Waals surface area contributed by atoms with E-state index >= 15 is 0 Å². The molecule has 2 rings (SSSR count). The second-order valence-corrected chi connectivity index (χ2v) is 6.20. The standard InChI is InChI=1S/C19H26F3N5O2/c1-4-15-14(16(5-2)29-27-15)11-26-18(23-6-3)25-10-13-7-8-17(24-9-13)28-12-19(20,21)22/h7-9H,4-6,10-12H2,1-3H3,(H2,23,25,26). The Bertz CT molecular complexity index is 767. The summed E-state index contributed by atoms with van der Waals surface area (Å²) in [5, 5.41) is 10.5. The second-order valence-electron chi connectivity index (χ2n) is 6.20. The number of nitrogens with one attached hydrogen (secondary N) is 2. The Morgan fingerprint density at radius 2 is 1.97 bits per heavy atom. The van der Waals surface area contributed by atoms with Crippen LogP contribution in [0.15, 0.2) is 27.8 Å². The van der Waals surface area contributed by atoms with Crippen LogP contribution in [-0.2, 0) is 25.9 Å². The van der Waals surface area contributed by atoms with Crippen LogP contribution in [0.4, 0.5) is 13.2 Å². The average molecular weight is 413 g/mol. The zero-order valence-corrected chi connectivity index (χ0v) is 16.8. The quantitative estimate of drug-likeness (QED) is 0.484. The fraction of sp³-hybridized carbons (Fsp3) is 0.526. The zero-order chi connectivity index (χ0) is 21.3. The Morgan fingerprint density at radius 3 is 2.55 bits per heavy atom. The third-order valence-corrected chi connectivity index (χ3v) is 3.98. The summed E-state index contributed by atoms with van der Waals surface area (Å²) >= 11 is 0. The molecule has 2 N–H and O–H groups in total. The van der Waals surface area contributed by atoms with Crippen molar-refractivity contribution in [2.24, 2.45) is 4.99 Å². The predicted octanol–water partition coefficient (Wildman–Crippen LogP) is 3.39. The minimum Gasteiger partial charge on any atom is -0.468 e. The van der Waals surface area contributed by atoms with Crippen molar-refractivity contribution in [2.45, 2.75) is 52.9 Å². The third-order valence-electron chi connectivity index (χ3n) is 3.98. The SMILES string of the molecule is CCNC(=NCc1ccc(OCC(F)(F)F)nc1)NCc1c(CC)noc1CC. The topological polar surface area (TPSA) is 84.6 Å². The lowest BCUT2D eigenvalue weighted by Gasteiger charge is -2.12. The molecule has 0 fully saturated rings. The maximum atomic E-state index is 12.2. The van der Waals surface area contributed by atoms with Gasteiger partial charge in [0.25, 0.3) is 0 Å². The van der Waals surface area contributed by atoms with Crippen molar-refractivity contribution in [3.05, 3.63) is 40.9 Å². The van der Waals surface area contributed by atoms with Gasteiger partial charge in [-0.15, -0.1) is 0 Å². The number of aromatic nitrogens is 2. The van der Waals surface area contributed by atoms with Gasteiger partial charge in [-0.2, -0.15) is 13.2 Å². The fourth-order valence-corrected chi connectivity index (χ4v) is 2.57. The Kier molecular flexibility index (Phi) is 8.29. The number of rotatable bonds is 9. The molecule has 0 aliphatic rings. The Hall–Kier alpha value is -2.78. The molecule has 7 nitrogen and oxygen atoms in total. The van der Waals surface area contributed by atoms with Gasteiger partial charge in [-0.3, -0.25) is 0 Å². The number of hydrogen-bond acceptors (Lipinski definition) is 5. The van der Waals surface area contributed by atoms with E-state index in [2.05, 4.69) is 30.5 Å². The first-order valence-corrected chi connectivity index (χ1v) is 9.49. The number of halogens is 3. The zero-order valence-electron chi connectivity index (χ0n) is 16.8. The molecule has 0 unspecified atom stereocenters. The first-order chi connectivity index (χ1) is 13.9. The fourth-order valence-electron chi connectivity index (χ4n) is 2.57. The van der Waals surface area contributed by atoms with E-state index in [1.54, 1.807) is 6.07 Å². The Labute approximate surface area is 167 Å². The average Bonchev–Trinajstić information content (AvgIpc) is 3.10. The summed E-state index contributed by atoms with van der Waals surface area (Å²) in [5.41, 5.74) is 2.70. The van der Waals surface area contributed by atoms with Crippen LogP contribution in [0.1, 0.15) is 43.4 Å². The highest BCUT2D eigenvalue weighted by Crippen LogP contribution is 2.17. The highest BCUT2D eigenvalue weighted by molar-refractivity contribution is 5.79. The third kappa shape index (κ3) is 7.28. The van der Waals surface area contributed by atoms with Crippen molar-refractivity contribution >= 4 is 5.96 Å². The summed E-state index contributed by atoms with van der Waals surface area (Å²) in [4.78, 5) is 8.38. The Morgan fingerprint density at radius 1 is 1.17 bits per heavy atom. The molecule has 2 aromatic rings. The molecule has 10 heteroatoms. The maximum Gasteiger partial charge on any atom is 0.422 e. The van der Waals surface area contributed by atoms with Gasteiger partial charge in [-0.1, -0.05) is 25.1 Å². The van der Waals surface area contributed by atoms with Gasteiger partial charge in [0, 0.05) is 37.3 Å². The number of aryl methyl sites for hydroxylation is 2. The highest BCUT2D eigenvalue weighted by Gasteiger charge is 2.28. The van der Waals surface area contributed by atoms with E-state index in [0.717, 1.165) is 35.4 Å². The summed E-state index contributed by atoms with van der Waals surface area (Å²) in [6.07, 6.45) is -1.41. The summed E-state index contributed by atoms with van der Waals surface area (Å²) in [7, 11) is 0. The largest absolute Gasteiger partial charge is 0.468 e. The lowest BCUT2D eigenvalue weighted by Crippen LogP contribution is -2.37. The van der Waals surface area contributed by atoms with Gasteiger partial charge in [0.1, 0.15) is 5.76 Å².